The van der Waals surface area contributed by atoms with Gasteiger partial charge in [0.2, 0.25) is 0 Å². The summed E-state index contributed by atoms with van der Waals surface area (Å²) in [4.78, 5) is 12.8. The number of hydrazone groups is 1. The molecule has 1 N–H and O–H groups in total. The maximum atomic E-state index is 12.8. The van der Waals surface area contributed by atoms with Crippen molar-refractivity contribution in [2.75, 3.05) is 11.9 Å². The zero-order valence-electron chi connectivity index (χ0n) is 17.8. The topological polar surface area (TPSA) is 53.9 Å². The van der Waals surface area contributed by atoms with E-state index in [0.717, 1.165) is 29.3 Å². The Morgan fingerprint density at radius 3 is 2.20 bits per heavy atom. The molecule has 0 saturated heterocycles. The molecule has 1 atom stereocenters. The number of anilines is 1. The number of rotatable bonds is 5. The molecule has 3 aromatic carbocycles. The molecule has 0 aromatic heterocycles. The highest BCUT2D eigenvalue weighted by molar-refractivity contribution is 6.30. The highest BCUT2D eigenvalue weighted by Gasteiger charge is 2.33. The van der Waals surface area contributed by atoms with Crippen molar-refractivity contribution in [3.05, 3.63) is 94.5 Å². The van der Waals surface area contributed by atoms with Gasteiger partial charge in [0.1, 0.15) is 5.75 Å². The van der Waals surface area contributed by atoms with Gasteiger partial charge in [-0.15, -0.1) is 0 Å². The van der Waals surface area contributed by atoms with Crippen LogP contribution in [0.4, 0.5) is 32.4 Å². The van der Waals surface area contributed by atoms with E-state index in [2.05, 4.69) is 15.2 Å². The minimum atomic E-state index is -4.49. The van der Waals surface area contributed by atoms with Gasteiger partial charge >= 0.3 is 18.8 Å². The molecule has 0 bridgehead atoms. The average molecular weight is 510 g/mol. The molecule has 4 rings (SSSR count). The number of halogens is 6. The van der Waals surface area contributed by atoms with Crippen molar-refractivity contribution in [2.45, 2.75) is 18.7 Å². The third-order valence-electron chi connectivity index (χ3n) is 5.26. The summed E-state index contributed by atoms with van der Waals surface area (Å²) in [6, 6.07) is 16.2. The average Bonchev–Trinajstić information content (AvgIpc) is 3.25. The summed E-state index contributed by atoms with van der Waals surface area (Å²) in [5.74, 6) is -0.418. The second kappa shape index (κ2) is 9.91. The number of amides is 2. The van der Waals surface area contributed by atoms with Gasteiger partial charge in [0.15, 0.2) is 0 Å². The van der Waals surface area contributed by atoms with Gasteiger partial charge in [-0.3, -0.25) is 0 Å². The monoisotopic (exact) mass is 509 g/mol. The Kier molecular flexibility index (Phi) is 6.93. The molecule has 1 unspecified atom stereocenters. The fraction of sp³-hybridized carbons (Fsp3) is 0.167. The SMILES string of the molecule is O=C(Nc1ccc(C(F)(F)F)cc1)N1CC(c2ccc(OC(F)F)cc2)C(c2ccc(Cl)cc2)=N1. The lowest BCUT2D eigenvalue weighted by Gasteiger charge is -2.16. The fourth-order valence-electron chi connectivity index (χ4n) is 3.58. The molecule has 35 heavy (non-hydrogen) atoms. The van der Waals surface area contributed by atoms with Crippen LogP contribution >= 0.6 is 11.6 Å². The highest BCUT2D eigenvalue weighted by Crippen LogP contribution is 2.32. The van der Waals surface area contributed by atoms with E-state index in [9.17, 15) is 26.7 Å². The van der Waals surface area contributed by atoms with Crippen molar-refractivity contribution in [3.63, 3.8) is 0 Å². The Morgan fingerprint density at radius 1 is 1.00 bits per heavy atom. The predicted octanol–water partition coefficient (Wildman–Crippen LogP) is 7.00. The normalized spacial score (nSPS) is 15.8. The van der Waals surface area contributed by atoms with Crippen molar-refractivity contribution >= 4 is 29.0 Å². The standard InChI is InChI=1S/C24H17ClF5N3O2/c25-17-7-1-15(2-8-17)21-20(14-3-11-19(12-4-14)35-22(26)27)13-33(32-21)23(34)31-18-9-5-16(6-10-18)24(28,29)30/h1-12,20,22H,13H2,(H,31,34). The molecular weight excluding hydrogens is 493 g/mol. The first-order valence-electron chi connectivity index (χ1n) is 10.2. The maximum absolute atomic E-state index is 12.8. The predicted molar refractivity (Wildman–Crippen MR) is 121 cm³/mol. The summed E-state index contributed by atoms with van der Waals surface area (Å²) >= 11 is 5.98. The number of ether oxygens (including phenoxy) is 1. The molecule has 0 aliphatic carbocycles. The third-order valence-corrected chi connectivity index (χ3v) is 5.51. The van der Waals surface area contributed by atoms with Crippen LogP contribution in [0, 0.1) is 0 Å². The number of nitrogens with one attached hydrogen (secondary N) is 1. The van der Waals surface area contributed by atoms with Crippen LogP contribution in [0.1, 0.15) is 22.6 Å². The number of urea groups is 1. The second-order valence-corrected chi connectivity index (χ2v) is 8.02. The van der Waals surface area contributed by atoms with Gasteiger partial charge in [0.05, 0.1) is 17.8 Å². The molecule has 3 aromatic rings. The first-order chi connectivity index (χ1) is 16.6. The number of benzene rings is 3. The van der Waals surface area contributed by atoms with Crippen LogP contribution < -0.4 is 10.1 Å². The Balaban J connectivity index is 1.57. The van der Waals surface area contributed by atoms with Gasteiger partial charge in [-0.05, 0) is 59.7 Å². The number of carbonyl (C=O) groups is 1. The Hall–Kier alpha value is -3.66. The zero-order valence-corrected chi connectivity index (χ0v) is 18.5. The van der Waals surface area contributed by atoms with Crippen LogP contribution in [-0.2, 0) is 6.18 Å². The third kappa shape index (κ3) is 5.89. The van der Waals surface area contributed by atoms with E-state index in [4.69, 9.17) is 11.6 Å². The molecule has 0 radical (unpaired) electrons. The van der Waals surface area contributed by atoms with E-state index in [1.54, 1.807) is 36.4 Å². The van der Waals surface area contributed by atoms with Crippen molar-refractivity contribution in [2.24, 2.45) is 5.10 Å². The van der Waals surface area contributed by atoms with E-state index in [1.807, 2.05) is 0 Å². The number of hydrogen-bond acceptors (Lipinski definition) is 3. The van der Waals surface area contributed by atoms with Gasteiger partial charge < -0.3 is 10.1 Å². The van der Waals surface area contributed by atoms with E-state index in [1.165, 1.54) is 12.1 Å². The lowest BCUT2D eigenvalue weighted by Crippen LogP contribution is -2.30. The molecule has 2 amide bonds. The summed E-state index contributed by atoms with van der Waals surface area (Å²) in [6.07, 6.45) is -4.49. The first-order valence-corrected chi connectivity index (χ1v) is 10.6. The van der Waals surface area contributed by atoms with E-state index in [0.29, 0.717) is 21.9 Å². The largest absolute Gasteiger partial charge is 0.435 e. The Bertz CT molecular complexity index is 1210. The number of hydrogen-bond donors (Lipinski definition) is 1. The minimum absolute atomic E-state index is 0.0105. The van der Waals surface area contributed by atoms with Crippen molar-refractivity contribution < 1.29 is 31.5 Å². The molecule has 0 saturated carbocycles. The summed E-state index contributed by atoms with van der Waals surface area (Å²) < 4.78 is 67.7. The summed E-state index contributed by atoms with van der Waals surface area (Å²) in [6.45, 7) is -2.85. The van der Waals surface area contributed by atoms with Gasteiger partial charge in [0.25, 0.3) is 0 Å². The van der Waals surface area contributed by atoms with Crippen molar-refractivity contribution in [1.29, 1.82) is 0 Å². The molecule has 1 aliphatic rings. The van der Waals surface area contributed by atoms with Crippen LogP contribution in [0.2, 0.25) is 5.02 Å². The summed E-state index contributed by atoms with van der Waals surface area (Å²) in [7, 11) is 0. The van der Waals surface area contributed by atoms with E-state index >= 15 is 0 Å². The molecule has 11 heteroatoms. The lowest BCUT2D eigenvalue weighted by atomic mass is 9.90. The summed E-state index contributed by atoms with van der Waals surface area (Å²) in [5.41, 5.74) is 1.26. The van der Waals surface area contributed by atoms with Crippen molar-refractivity contribution in [1.82, 2.24) is 5.01 Å². The number of alkyl halides is 5. The molecular formula is C24H17ClF5N3O2. The minimum Gasteiger partial charge on any atom is -0.435 e. The fourth-order valence-corrected chi connectivity index (χ4v) is 3.71. The quantitative estimate of drug-likeness (QED) is 0.377. The van der Waals surface area contributed by atoms with Crippen LogP contribution in [0.15, 0.2) is 77.9 Å². The van der Waals surface area contributed by atoms with Crippen LogP contribution in [0.5, 0.6) is 5.75 Å². The van der Waals surface area contributed by atoms with Crippen molar-refractivity contribution in [3.8, 4) is 5.75 Å². The zero-order chi connectivity index (χ0) is 25.2. The van der Waals surface area contributed by atoms with E-state index in [-0.39, 0.29) is 18.0 Å². The lowest BCUT2D eigenvalue weighted by molar-refractivity contribution is -0.137. The molecule has 0 spiro atoms. The van der Waals surface area contributed by atoms with Crippen LogP contribution in [0.25, 0.3) is 0 Å². The molecule has 5 nitrogen and oxygen atoms in total. The highest BCUT2D eigenvalue weighted by atomic mass is 35.5. The first kappa shape index (κ1) is 24.5. The van der Waals surface area contributed by atoms with Gasteiger partial charge in [-0.25, -0.2) is 9.80 Å². The molecule has 182 valence electrons. The number of carbonyl (C=O) groups excluding carboxylic acids is 1. The van der Waals surface area contributed by atoms with Gasteiger partial charge in [0, 0.05) is 16.6 Å². The second-order valence-electron chi connectivity index (χ2n) is 7.58. The Labute approximate surface area is 201 Å². The van der Waals surface area contributed by atoms with Crippen LogP contribution in [-0.4, -0.2) is 29.9 Å². The molecule has 0 fully saturated rings. The van der Waals surface area contributed by atoms with Crippen LogP contribution in [0.3, 0.4) is 0 Å². The number of nitrogens with zero attached hydrogens (tertiary/aromatic N) is 2. The molecule has 1 heterocycles. The summed E-state index contributed by atoms with van der Waals surface area (Å²) in [5, 5.41) is 8.64. The van der Waals surface area contributed by atoms with E-state index < -0.39 is 30.3 Å². The smallest absolute Gasteiger partial charge is 0.416 e. The van der Waals surface area contributed by atoms with Gasteiger partial charge in [-0.1, -0.05) is 35.9 Å². The van der Waals surface area contributed by atoms with Gasteiger partial charge in [-0.2, -0.15) is 27.1 Å². The maximum Gasteiger partial charge on any atom is 0.416 e. The Morgan fingerprint density at radius 2 is 1.63 bits per heavy atom. The molecule has 1 aliphatic heterocycles.